The molecule has 2 rings (SSSR count). The molecule has 1 aromatic carbocycles. The molecule has 21 heavy (non-hydrogen) atoms. The van der Waals surface area contributed by atoms with E-state index < -0.39 is 10.0 Å². The zero-order valence-corrected chi connectivity index (χ0v) is 13.8. The van der Waals surface area contributed by atoms with Crippen LogP contribution in [0.2, 0.25) is 0 Å². The van der Waals surface area contributed by atoms with E-state index in [1.807, 2.05) is 13.8 Å². The van der Waals surface area contributed by atoms with Crippen LogP contribution in [-0.4, -0.2) is 39.0 Å². The van der Waals surface area contributed by atoms with Crippen LogP contribution in [-0.2, 0) is 16.4 Å². The van der Waals surface area contributed by atoms with Gasteiger partial charge in [0, 0.05) is 24.3 Å². The number of nitrogens with zero attached hydrogens (tertiary/aromatic N) is 1. The highest BCUT2D eigenvalue weighted by molar-refractivity contribution is 7.89. The topological polar surface area (TPSA) is 75.4 Å². The summed E-state index contributed by atoms with van der Waals surface area (Å²) < 4.78 is 27.7. The van der Waals surface area contributed by atoms with Crippen LogP contribution in [0.4, 0.5) is 5.69 Å². The summed E-state index contributed by atoms with van der Waals surface area (Å²) >= 11 is 0. The van der Waals surface area contributed by atoms with Crippen molar-refractivity contribution in [3.8, 4) is 0 Å². The summed E-state index contributed by atoms with van der Waals surface area (Å²) in [6, 6.07) is 5.85. The smallest absolute Gasteiger partial charge is 0.240 e. The lowest BCUT2D eigenvalue weighted by Gasteiger charge is -2.24. The fraction of sp³-hybridized carbons (Fsp3) is 0.600. The monoisotopic (exact) mass is 311 g/mol. The van der Waals surface area contributed by atoms with Crippen LogP contribution in [0.1, 0.15) is 32.3 Å². The minimum atomic E-state index is -3.52. The van der Waals surface area contributed by atoms with Gasteiger partial charge in [-0.15, -0.1) is 0 Å². The zero-order chi connectivity index (χ0) is 15.6. The largest absolute Gasteiger partial charge is 0.399 e. The Hall–Kier alpha value is -1.11. The molecule has 0 aliphatic heterocycles. The molecule has 1 saturated carbocycles. The number of benzene rings is 1. The van der Waals surface area contributed by atoms with Gasteiger partial charge in [0.25, 0.3) is 0 Å². The highest BCUT2D eigenvalue weighted by Crippen LogP contribution is 2.27. The maximum absolute atomic E-state index is 12.5. The van der Waals surface area contributed by atoms with E-state index in [1.54, 1.807) is 12.1 Å². The number of hydrogen-bond donors (Lipinski definition) is 2. The normalized spacial score (nSPS) is 17.1. The predicted molar refractivity (Wildman–Crippen MR) is 85.7 cm³/mol. The number of nitrogens with one attached hydrogen (secondary N) is 1. The van der Waals surface area contributed by atoms with Crippen molar-refractivity contribution in [3.63, 3.8) is 0 Å². The first-order valence-corrected chi connectivity index (χ1v) is 8.93. The van der Waals surface area contributed by atoms with Gasteiger partial charge in [-0.25, -0.2) is 13.1 Å². The lowest BCUT2D eigenvalue weighted by Crippen LogP contribution is -2.41. The third-order valence-corrected chi connectivity index (χ3v) is 5.65. The van der Waals surface area contributed by atoms with Gasteiger partial charge < -0.3 is 5.73 Å². The Balaban J connectivity index is 2.09. The fourth-order valence-corrected chi connectivity index (χ4v) is 3.87. The maximum Gasteiger partial charge on any atom is 0.240 e. The van der Waals surface area contributed by atoms with Crippen molar-refractivity contribution in [2.75, 3.05) is 19.3 Å². The fourth-order valence-electron chi connectivity index (χ4n) is 2.41. The third-order valence-electron chi connectivity index (χ3n) is 4.15. The molecule has 1 atom stereocenters. The van der Waals surface area contributed by atoms with Crippen molar-refractivity contribution in [3.05, 3.63) is 23.8 Å². The average molecular weight is 311 g/mol. The van der Waals surface area contributed by atoms with E-state index in [0.29, 0.717) is 29.6 Å². The number of nitrogen functional groups attached to an aromatic ring is 1. The van der Waals surface area contributed by atoms with E-state index >= 15 is 0 Å². The molecule has 0 heterocycles. The van der Waals surface area contributed by atoms with Gasteiger partial charge in [-0.3, -0.25) is 4.90 Å². The van der Waals surface area contributed by atoms with Gasteiger partial charge >= 0.3 is 0 Å². The molecule has 0 spiro atoms. The molecule has 0 radical (unpaired) electrons. The summed E-state index contributed by atoms with van der Waals surface area (Å²) in [5.74, 6) is 0. The molecule has 0 amide bonds. The number of likely N-dealkylation sites (N-methyl/N-ethyl adjacent to an activating group) is 1. The second-order valence-electron chi connectivity index (χ2n) is 5.82. The van der Waals surface area contributed by atoms with E-state index in [-0.39, 0.29) is 6.04 Å². The summed E-state index contributed by atoms with van der Waals surface area (Å²) in [6.07, 6.45) is 3.08. The minimum absolute atomic E-state index is 0.179. The molecular weight excluding hydrogens is 286 g/mol. The third kappa shape index (κ3) is 3.96. The molecule has 0 aromatic heterocycles. The van der Waals surface area contributed by atoms with Crippen molar-refractivity contribution in [2.24, 2.45) is 0 Å². The van der Waals surface area contributed by atoms with Crippen LogP contribution in [0.5, 0.6) is 0 Å². The van der Waals surface area contributed by atoms with Crippen LogP contribution in [0.3, 0.4) is 0 Å². The molecule has 0 saturated heterocycles. The Morgan fingerprint density at radius 1 is 1.43 bits per heavy atom. The summed E-state index contributed by atoms with van der Waals surface area (Å²) in [7, 11) is -1.47. The molecule has 1 aromatic rings. The molecule has 3 N–H and O–H groups in total. The second-order valence-corrected chi connectivity index (χ2v) is 7.55. The summed E-state index contributed by atoms with van der Waals surface area (Å²) in [4.78, 5) is 2.54. The van der Waals surface area contributed by atoms with Gasteiger partial charge in [-0.05, 0) is 50.9 Å². The number of aryl methyl sites for hydroxylation is 1. The number of anilines is 1. The Kier molecular flexibility index (Phi) is 4.91. The van der Waals surface area contributed by atoms with Crippen molar-refractivity contribution < 1.29 is 8.42 Å². The lowest BCUT2D eigenvalue weighted by molar-refractivity contribution is 0.248. The van der Waals surface area contributed by atoms with Crippen molar-refractivity contribution >= 4 is 15.7 Å². The second kappa shape index (κ2) is 6.34. The molecule has 1 aliphatic carbocycles. The van der Waals surface area contributed by atoms with E-state index in [1.165, 1.54) is 18.9 Å². The quantitative estimate of drug-likeness (QED) is 0.750. The standard InChI is InChI=1S/C15H25N3O2S/c1-4-12-5-6-13(16)9-15(12)21(19,20)17-10-11(2)18(3)14-7-8-14/h5-6,9,11,14,17H,4,7-8,10,16H2,1-3H3. The molecular formula is C15H25N3O2S. The number of sulfonamides is 1. The summed E-state index contributed by atoms with van der Waals surface area (Å²) in [6.45, 7) is 4.39. The molecule has 118 valence electrons. The SMILES string of the molecule is CCc1ccc(N)cc1S(=O)(=O)NCC(C)N(C)C1CC1. The predicted octanol–water partition coefficient (Wildman–Crippen LogP) is 1.59. The van der Waals surface area contributed by atoms with Gasteiger partial charge in [0.1, 0.15) is 0 Å². The van der Waals surface area contributed by atoms with Crippen LogP contribution < -0.4 is 10.5 Å². The van der Waals surface area contributed by atoms with Gasteiger partial charge in [0.2, 0.25) is 10.0 Å². The molecule has 5 nitrogen and oxygen atoms in total. The number of rotatable bonds is 7. The highest BCUT2D eigenvalue weighted by atomic mass is 32.2. The van der Waals surface area contributed by atoms with Crippen molar-refractivity contribution in [2.45, 2.75) is 50.1 Å². The average Bonchev–Trinajstić information content (AvgIpc) is 3.28. The first-order valence-electron chi connectivity index (χ1n) is 7.45. The lowest BCUT2D eigenvalue weighted by atomic mass is 10.1. The summed E-state index contributed by atoms with van der Waals surface area (Å²) in [5, 5.41) is 0. The van der Waals surface area contributed by atoms with Gasteiger partial charge in [-0.1, -0.05) is 13.0 Å². The molecule has 1 fully saturated rings. The van der Waals surface area contributed by atoms with Crippen LogP contribution in [0.25, 0.3) is 0 Å². The van der Waals surface area contributed by atoms with Crippen LogP contribution >= 0.6 is 0 Å². The highest BCUT2D eigenvalue weighted by Gasteiger charge is 2.29. The number of hydrogen-bond acceptors (Lipinski definition) is 4. The first kappa shape index (κ1) is 16.3. The first-order chi connectivity index (χ1) is 9.85. The van der Waals surface area contributed by atoms with Crippen molar-refractivity contribution in [1.29, 1.82) is 0 Å². The van der Waals surface area contributed by atoms with Gasteiger partial charge in [0.15, 0.2) is 0 Å². The molecule has 0 bridgehead atoms. The zero-order valence-electron chi connectivity index (χ0n) is 13.0. The van der Waals surface area contributed by atoms with Gasteiger partial charge in [-0.2, -0.15) is 0 Å². The van der Waals surface area contributed by atoms with Crippen LogP contribution in [0.15, 0.2) is 23.1 Å². The van der Waals surface area contributed by atoms with E-state index in [2.05, 4.69) is 16.7 Å². The molecule has 6 heteroatoms. The summed E-state index contributed by atoms with van der Waals surface area (Å²) in [5.41, 5.74) is 6.99. The van der Waals surface area contributed by atoms with E-state index in [0.717, 1.165) is 5.56 Å². The van der Waals surface area contributed by atoms with E-state index in [4.69, 9.17) is 5.73 Å². The Morgan fingerprint density at radius 2 is 2.10 bits per heavy atom. The Bertz CT molecular complexity index is 597. The minimum Gasteiger partial charge on any atom is -0.399 e. The maximum atomic E-state index is 12.5. The van der Waals surface area contributed by atoms with E-state index in [9.17, 15) is 8.42 Å². The molecule has 1 aliphatic rings. The van der Waals surface area contributed by atoms with Crippen molar-refractivity contribution in [1.82, 2.24) is 9.62 Å². The Morgan fingerprint density at radius 3 is 2.67 bits per heavy atom. The Labute approximate surface area is 127 Å². The molecule has 1 unspecified atom stereocenters. The number of nitrogens with two attached hydrogens (primary N) is 1. The van der Waals surface area contributed by atoms with Gasteiger partial charge in [0.05, 0.1) is 4.90 Å². The van der Waals surface area contributed by atoms with Crippen LogP contribution in [0, 0.1) is 0 Å².